The average molecular weight is 277 g/mol. The van der Waals surface area contributed by atoms with Crippen LogP contribution in [0.5, 0.6) is 5.75 Å². The van der Waals surface area contributed by atoms with Crippen LogP contribution in [-0.4, -0.2) is 17.6 Å². The van der Waals surface area contributed by atoms with Gasteiger partial charge in [0.25, 0.3) is 0 Å². The monoisotopic (exact) mass is 277 g/mol. The molecule has 0 bridgehead atoms. The molecule has 0 radical (unpaired) electrons. The number of nitrogens with zero attached hydrogens (tertiary/aromatic N) is 1. The molecular formula is C14H19N3OS. The molecule has 0 spiro atoms. The average Bonchev–Trinajstić information content (AvgIpc) is 2.90. The molecule has 102 valence electrons. The highest BCUT2D eigenvalue weighted by Gasteiger charge is 2.09. The van der Waals surface area contributed by atoms with Crippen molar-refractivity contribution in [2.75, 3.05) is 6.61 Å². The van der Waals surface area contributed by atoms with E-state index >= 15 is 0 Å². The largest absolute Gasteiger partial charge is 0.494 e. The van der Waals surface area contributed by atoms with Crippen LogP contribution in [0.2, 0.25) is 0 Å². The van der Waals surface area contributed by atoms with Crippen LogP contribution in [0.3, 0.4) is 0 Å². The van der Waals surface area contributed by atoms with Crippen LogP contribution in [0.4, 0.5) is 0 Å². The van der Waals surface area contributed by atoms with Crippen LogP contribution in [0, 0.1) is 6.92 Å². The Bertz CT molecular complexity index is 487. The minimum Gasteiger partial charge on any atom is -0.494 e. The Labute approximate surface area is 117 Å². The van der Waals surface area contributed by atoms with Crippen molar-refractivity contribution < 1.29 is 4.74 Å². The summed E-state index contributed by atoms with van der Waals surface area (Å²) in [5.74, 6) is 6.47. The Hall–Kier alpha value is -1.43. The number of hydrazine groups is 1. The highest BCUT2D eigenvalue weighted by atomic mass is 32.1. The number of thiazole rings is 1. The fourth-order valence-corrected chi connectivity index (χ4v) is 2.53. The Morgan fingerprint density at radius 3 is 3.05 bits per heavy atom. The molecule has 0 aliphatic heterocycles. The van der Waals surface area contributed by atoms with Gasteiger partial charge in [-0.2, -0.15) is 0 Å². The van der Waals surface area contributed by atoms with Gasteiger partial charge in [-0.25, -0.2) is 4.98 Å². The fraction of sp³-hybridized carbons (Fsp3) is 0.357. The van der Waals surface area contributed by atoms with Crippen molar-refractivity contribution in [3.63, 3.8) is 0 Å². The van der Waals surface area contributed by atoms with E-state index in [0.29, 0.717) is 6.61 Å². The Kier molecular flexibility index (Phi) is 5.32. The van der Waals surface area contributed by atoms with Crippen molar-refractivity contribution >= 4 is 11.3 Å². The van der Waals surface area contributed by atoms with Gasteiger partial charge < -0.3 is 4.74 Å². The van der Waals surface area contributed by atoms with Crippen molar-refractivity contribution in [3.05, 3.63) is 46.4 Å². The van der Waals surface area contributed by atoms with E-state index in [1.54, 1.807) is 11.3 Å². The molecular weight excluding hydrogens is 258 g/mol. The summed E-state index contributed by atoms with van der Waals surface area (Å²) in [5, 5.41) is 3.07. The number of aromatic nitrogens is 1. The van der Waals surface area contributed by atoms with E-state index in [1.165, 1.54) is 5.56 Å². The molecule has 0 saturated carbocycles. The standard InChI is InChI=1S/C14H19N3OS/c1-11-3-2-4-13(9-11)18-7-5-12(17-15)10-14-16-6-8-19-14/h2-4,6,8-9,12,17H,5,7,10,15H2,1H3. The molecule has 4 nitrogen and oxygen atoms in total. The SMILES string of the molecule is Cc1cccc(OCCC(Cc2nccs2)NN)c1. The van der Waals surface area contributed by atoms with Crippen molar-refractivity contribution in [1.29, 1.82) is 0 Å². The quantitative estimate of drug-likeness (QED) is 0.602. The number of ether oxygens (including phenoxy) is 1. The van der Waals surface area contributed by atoms with Crippen LogP contribution in [0.15, 0.2) is 35.8 Å². The molecule has 0 aliphatic rings. The van der Waals surface area contributed by atoms with Gasteiger partial charge in [-0.05, 0) is 31.0 Å². The van der Waals surface area contributed by atoms with Gasteiger partial charge in [-0.3, -0.25) is 11.3 Å². The zero-order chi connectivity index (χ0) is 13.5. The third-order valence-electron chi connectivity index (χ3n) is 2.86. The second kappa shape index (κ2) is 7.23. The van der Waals surface area contributed by atoms with E-state index in [2.05, 4.69) is 23.4 Å². The normalized spacial score (nSPS) is 12.3. The molecule has 0 amide bonds. The first-order valence-electron chi connectivity index (χ1n) is 6.32. The van der Waals surface area contributed by atoms with E-state index in [-0.39, 0.29) is 6.04 Å². The predicted octanol–water partition coefficient (Wildman–Crippen LogP) is 2.30. The van der Waals surface area contributed by atoms with Gasteiger partial charge in [0.1, 0.15) is 5.75 Å². The van der Waals surface area contributed by atoms with Crippen molar-refractivity contribution in [1.82, 2.24) is 10.4 Å². The van der Waals surface area contributed by atoms with E-state index in [9.17, 15) is 0 Å². The molecule has 1 unspecified atom stereocenters. The van der Waals surface area contributed by atoms with Crippen LogP contribution in [0.1, 0.15) is 17.0 Å². The van der Waals surface area contributed by atoms with Crippen LogP contribution in [-0.2, 0) is 6.42 Å². The maximum Gasteiger partial charge on any atom is 0.119 e. The lowest BCUT2D eigenvalue weighted by molar-refractivity contribution is 0.285. The molecule has 1 heterocycles. The van der Waals surface area contributed by atoms with E-state index < -0.39 is 0 Å². The molecule has 1 atom stereocenters. The summed E-state index contributed by atoms with van der Waals surface area (Å²) in [5.41, 5.74) is 4.03. The van der Waals surface area contributed by atoms with Crippen molar-refractivity contribution in [3.8, 4) is 5.75 Å². The molecule has 2 aromatic rings. The lowest BCUT2D eigenvalue weighted by Gasteiger charge is -2.15. The molecule has 5 heteroatoms. The van der Waals surface area contributed by atoms with Gasteiger partial charge >= 0.3 is 0 Å². The first kappa shape index (κ1) is 14.0. The summed E-state index contributed by atoms with van der Waals surface area (Å²) in [6, 6.07) is 8.25. The van der Waals surface area contributed by atoms with Gasteiger partial charge in [0.2, 0.25) is 0 Å². The third-order valence-corrected chi connectivity index (χ3v) is 3.67. The number of hydrogen-bond donors (Lipinski definition) is 2. The zero-order valence-electron chi connectivity index (χ0n) is 11.0. The molecule has 1 aromatic heterocycles. The molecule has 0 fully saturated rings. The summed E-state index contributed by atoms with van der Waals surface area (Å²) >= 11 is 1.65. The van der Waals surface area contributed by atoms with Gasteiger partial charge in [0.05, 0.1) is 11.6 Å². The van der Waals surface area contributed by atoms with Crippen molar-refractivity contribution in [2.24, 2.45) is 5.84 Å². The predicted molar refractivity (Wildman–Crippen MR) is 78.2 cm³/mol. The lowest BCUT2D eigenvalue weighted by atomic mass is 10.1. The van der Waals surface area contributed by atoms with Crippen molar-refractivity contribution in [2.45, 2.75) is 25.8 Å². The Balaban J connectivity index is 1.77. The highest BCUT2D eigenvalue weighted by molar-refractivity contribution is 7.09. The minimum absolute atomic E-state index is 0.191. The Morgan fingerprint density at radius 1 is 1.47 bits per heavy atom. The van der Waals surface area contributed by atoms with E-state index in [4.69, 9.17) is 10.6 Å². The van der Waals surface area contributed by atoms with Gasteiger partial charge in [-0.15, -0.1) is 11.3 Å². The van der Waals surface area contributed by atoms with Gasteiger partial charge in [0.15, 0.2) is 0 Å². The van der Waals surface area contributed by atoms with Gasteiger partial charge in [0, 0.05) is 24.0 Å². The Morgan fingerprint density at radius 2 is 2.37 bits per heavy atom. The number of aryl methyl sites for hydroxylation is 1. The molecule has 2 rings (SSSR count). The van der Waals surface area contributed by atoms with Crippen LogP contribution >= 0.6 is 11.3 Å². The lowest BCUT2D eigenvalue weighted by Crippen LogP contribution is -2.37. The number of hydrogen-bond acceptors (Lipinski definition) is 5. The first-order valence-corrected chi connectivity index (χ1v) is 7.20. The maximum absolute atomic E-state index is 5.73. The van der Waals surface area contributed by atoms with Gasteiger partial charge in [-0.1, -0.05) is 12.1 Å². The molecule has 3 N–H and O–H groups in total. The number of nitrogens with one attached hydrogen (secondary N) is 1. The summed E-state index contributed by atoms with van der Waals surface area (Å²) in [6.07, 6.45) is 3.51. The first-order chi connectivity index (χ1) is 9.28. The second-order valence-corrected chi connectivity index (χ2v) is 5.43. The number of rotatable bonds is 7. The summed E-state index contributed by atoms with van der Waals surface area (Å²) in [4.78, 5) is 4.26. The smallest absolute Gasteiger partial charge is 0.119 e. The summed E-state index contributed by atoms with van der Waals surface area (Å²) in [6.45, 7) is 2.70. The second-order valence-electron chi connectivity index (χ2n) is 4.45. The summed E-state index contributed by atoms with van der Waals surface area (Å²) in [7, 11) is 0. The molecule has 1 aromatic carbocycles. The molecule has 0 aliphatic carbocycles. The fourth-order valence-electron chi connectivity index (χ4n) is 1.83. The number of nitrogens with two attached hydrogens (primary N) is 1. The summed E-state index contributed by atoms with van der Waals surface area (Å²) < 4.78 is 5.73. The van der Waals surface area contributed by atoms with E-state index in [0.717, 1.165) is 23.6 Å². The molecule has 0 saturated heterocycles. The maximum atomic E-state index is 5.73. The zero-order valence-corrected chi connectivity index (χ0v) is 11.8. The minimum atomic E-state index is 0.191. The highest BCUT2D eigenvalue weighted by Crippen LogP contribution is 2.14. The molecule has 19 heavy (non-hydrogen) atoms. The van der Waals surface area contributed by atoms with Crippen LogP contribution in [0.25, 0.3) is 0 Å². The van der Waals surface area contributed by atoms with Crippen LogP contribution < -0.4 is 16.0 Å². The van der Waals surface area contributed by atoms with E-state index in [1.807, 2.05) is 29.8 Å². The topological polar surface area (TPSA) is 60.2 Å². The number of benzene rings is 1. The third kappa shape index (κ3) is 4.63.